The maximum absolute atomic E-state index is 12.7. The van der Waals surface area contributed by atoms with Crippen LogP contribution in [0.4, 0.5) is 5.69 Å². The topological polar surface area (TPSA) is 55.4 Å². The Labute approximate surface area is 148 Å². The van der Waals surface area contributed by atoms with Crippen LogP contribution in [0, 0.1) is 0 Å². The van der Waals surface area contributed by atoms with Crippen molar-refractivity contribution in [1.82, 2.24) is 0 Å². The number of carbonyl (C=O) groups excluding carboxylic acids is 2. The van der Waals surface area contributed by atoms with Gasteiger partial charge in [-0.1, -0.05) is 59.1 Å². The molecular weight excluding hydrogens is 361 g/mol. The van der Waals surface area contributed by atoms with Crippen molar-refractivity contribution >= 4 is 52.2 Å². The predicted molar refractivity (Wildman–Crippen MR) is 91.8 cm³/mol. The van der Waals surface area contributed by atoms with Crippen LogP contribution in [0.5, 0.6) is 5.75 Å². The van der Waals surface area contributed by atoms with Gasteiger partial charge in [-0.15, -0.1) is 0 Å². The molecule has 0 aromatic heterocycles. The molecule has 0 spiro atoms. The molecule has 0 atom stereocenters. The maximum atomic E-state index is 12.7. The van der Waals surface area contributed by atoms with Crippen LogP contribution in [0.3, 0.4) is 0 Å². The maximum Gasteiger partial charge on any atom is 0.276 e. The van der Waals surface area contributed by atoms with Gasteiger partial charge in [-0.2, -0.15) is 0 Å². The first kappa shape index (κ1) is 17.6. The monoisotopic (exact) mass is 371 g/mol. The molecule has 1 amide bonds. The highest BCUT2D eigenvalue weighted by molar-refractivity contribution is 6.76. The Balaban J connectivity index is 2.36. The molecule has 1 N–H and O–H groups in total. The lowest BCUT2D eigenvalue weighted by Crippen LogP contribution is -2.27. The second kappa shape index (κ2) is 7.21. The summed E-state index contributed by atoms with van der Waals surface area (Å²) in [5.74, 6) is -0.573. The number of carbonyl (C=O) groups is 2. The third-order valence-electron chi connectivity index (χ3n) is 3.01. The van der Waals surface area contributed by atoms with Crippen molar-refractivity contribution < 1.29 is 14.3 Å². The second-order valence-corrected chi connectivity index (χ2v) is 6.84. The molecule has 4 nitrogen and oxygen atoms in total. The first-order valence-electron chi connectivity index (χ1n) is 6.49. The third-order valence-corrected chi connectivity index (χ3v) is 3.52. The van der Waals surface area contributed by atoms with Gasteiger partial charge in [-0.3, -0.25) is 9.59 Å². The van der Waals surface area contributed by atoms with Gasteiger partial charge < -0.3 is 10.1 Å². The predicted octanol–water partition coefficient (Wildman–Crippen LogP) is 4.23. The van der Waals surface area contributed by atoms with E-state index < -0.39 is 9.70 Å². The SMILES string of the molecule is COc1cccc(C(=O)c2ccccc2NC(=O)C(Cl)(Cl)Cl)c1. The molecule has 2 aromatic rings. The van der Waals surface area contributed by atoms with E-state index in [-0.39, 0.29) is 17.0 Å². The van der Waals surface area contributed by atoms with Crippen LogP contribution in [0.25, 0.3) is 0 Å². The van der Waals surface area contributed by atoms with Gasteiger partial charge >= 0.3 is 0 Å². The van der Waals surface area contributed by atoms with Crippen molar-refractivity contribution in [1.29, 1.82) is 0 Å². The Bertz CT molecular complexity index is 741. The quantitative estimate of drug-likeness (QED) is 0.645. The highest BCUT2D eigenvalue weighted by Gasteiger charge is 2.31. The number of para-hydroxylation sites is 1. The Hall–Kier alpha value is -1.75. The van der Waals surface area contributed by atoms with Gasteiger partial charge in [0.05, 0.1) is 12.8 Å². The minimum absolute atomic E-state index is 0.261. The summed E-state index contributed by atoms with van der Waals surface area (Å²) in [4.78, 5) is 24.5. The van der Waals surface area contributed by atoms with Crippen molar-refractivity contribution in [2.45, 2.75) is 3.79 Å². The molecule has 0 aliphatic rings. The average molecular weight is 373 g/mol. The lowest BCUT2D eigenvalue weighted by atomic mass is 10.0. The number of amides is 1. The van der Waals surface area contributed by atoms with E-state index in [2.05, 4.69) is 5.32 Å². The molecular formula is C16H12Cl3NO3. The highest BCUT2D eigenvalue weighted by atomic mass is 35.6. The number of ketones is 1. The van der Waals surface area contributed by atoms with Gasteiger partial charge in [-0.25, -0.2) is 0 Å². The summed E-state index contributed by atoms with van der Waals surface area (Å²) in [6.07, 6.45) is 0. The molecule has 0 bridgehead atoms. The van der Waals surface area contributed by atoms with Crippen LogP contribution in [0.15, 0.2) is 48.5 Å². The summed E-state index contributed by atoms with van der Waals surface area (Å²) in [6.45, 7) is 0. The summed E-state index contributed by atoms with van der Waals surface area (Å²) >= 11 is 16.6. The number of hydrogen-bond acceptors (Lipinski definition) is 3. The zero-order chi connectivity index (χ0) is 17.0. The summed E-state index contributed by atoms with van der Waals surface area (Å²) < 4.78 is 2.99. The molecule has 2 aromatic carbocycles. The molecule has 0 unspecified atom stereocenters. The van der Waals surface area contributed by atoms with Gasteiger partial charge in [0.1, 0.15) is 5.75 Å². The lowest BCUT2D eigenvalue weighted by Gasteiger charge is -2.14. The first-order chi connectivity index (χ1) is 10.8. The van der Waals surface area contributed by atoms with Crippen LogP contribution in [0.2, 0.25) is 0 Å². The van der Waals surface area contributed by atoms with Gasteiger partial charge in [0.25, 0.3) is 9.70 Å². The van der Waals surface area contributed by atoms with E-state index in [0.717, 1.165) is 0 Å². The summed E-state index contributed by atoms with van der Waals surface area (Å²) in [5.41, 5.74) is 0.958. The van der Waals surface area contributed by atoms with Gasteiger partial charge in [-0.05, 0) is 24.3 Å². The zero-order valence-electron chi connectivity index (χ0n) is 12.0. The second-order valence-electron chi connectivity index (χ2n) is 4.56. The molecule has 0 heterocycles. The number of halogens is 3. The molecule has 23 heavy (non-hydrogen) atoms. The minimum atomic E-state index is -2.12. The van der Waals surface area contributed by atoms with Crippen LogP contribution < -0.4 is 10.1 Å². The van der Waals surface area contributed by atoms with Crippen LogP contribution in [-0.4, -0.2) is 22.6 Å². The molecule has 0 radical (unpaired) electrons. The Kier molecular flexibility index (Phi) is 5.52. The fourth-order valence-corrected chi connectivity index (χ4v) is 2.04. The fraction of sp³-hybridized carbons (Fsp3) is 0.125. The van der Waals surface area contributed by atoms with Crippen molar-refractivity contribution in [2.75, 3.05) is 12.4 Å². The largest absolute Gasteiger partial charge is 0.497 e. The van der Waals surface area contributed by atoms with Crippen LogP contribution in [0.1, 0.15) is 15.9 Å². The average Bonchev–Trinajstić information content (AvgIpc) is 2.54. The summed E-state index contributed by atoms with van der Waals surface area (Å²) in [7, 11) is 1.51. The lowest BCUT2D eigenvalue weighted by molar-refractivity contribution is -0.115. The molecule has 0 aliphatic carbocycles. The molecule has 0 aliphatic heterocycles. The minimum Gasteiger partial charge on any atom is -0.497 e. The smallest absolute Gasteiger partial charge is 0.276 e. The van der Waals surface area contributed by atoms with Crippen molar-refractivity contribution in [3.05, 3.63) is 59.7 Å². The third kappa shape index (κ3) is 4.38. The van der Waals surface area contributed by atoms with E-state index >= 15 is 0 Å². The summed E-state index contributed by atoms with van der Waals surface area (Å²) in [6, 6.07) is 13.2. The number of hydrogen-bond donors (Lipinski definition) is 1. The summed E-state index contributed by atoms with van der Waals surface area (Å²) in [5, 5.41) is 2.44. The number of methoxy groups -OCH3 is 1. The first-order valence-corrected chi connectivity index (χ1v) is 7.62. The van der Waals surface area contributed by atoms with Gasteiger partial charge in [0, 0.05) is 11.1 Å². The van der Waals surface area contributed by atoms with Crippen LogP contribution >= 0.6 is 34.8 Å². The number of rotatable bonds is 4. The van der Waals surface area contributed by atoms with Crippen molar-refractivity contribution in [3.8, 4) is 5.75 Å². The zero-order valence-corrected chi connectivity index (χ0v) is 14.2. The van der Waals surface area contributed by atoms with Crippen LogP contribution in [-0.2, 0) is 4.79 Å². The number of alkyl halides is 3. The molecule has 0 saturated heterocycles. The van der Waals surface area contributed by atoms with E-state index in [1.54, 1.807) is 48.5 Å². The van der Waals surface area contributed by atoms with E-state index in [9.17, 15) is 9.59 Å². The van der Waals surface area contributed by atoms with E-state index in [1.165, 1.54) is 7.11 Å². The number of ether oxygens (including phenoxy) is 1. The number of anilines is 1. The van der Waals surface area contributed by atoms with Crippen molar-refractivity contribution in [3.63, 3.8) is 0 Å². The molecule has 2 rings (SSSR count). The standard InChI is InChI=1S/C16H12Cl3NO3/c1-23-11-6-4-5-10(9-11)14(21)12-7-2-3-8-13(12)20-15(22)16(17,18)19/h2-9H,1H3,(H,20,22). The van der Waals surface area contributed by atoms with E-state index in [0.29, 0.717) is 11.3 Å². The van der Waals surface area contributed by atoms with E-state index in [4.69, 9.17) is 39.5 Å². The molecule has 0 saturated carbocycles. The van der Waals surface area contributed by atoms with Gasteiger partial charge in [0.15, 0.2) is 5.78 Å². The van der Waals surface area contributed by atoms with Crippen molar-refractivity contribution in [2.24, 2.45) is 0 Å². The Morgan fingerprint density at radius 1 is 1.04 bits per heavy atom. The molecule has 120 valence electrons. The Morgan fingerprint density at radius 3 is 2.39 bits per heavy atom. The molecule has 7 heteroatoms. The number of benzene rings is 2. The highest BCUT2D eigenvalue weighted by Crippen LogP contribution is 2.29. The molecule has 0 fully saturated rings. The normalized spacial score (nSPS) is 11.0. The Morgan fingerprint density at radius 2 is 1.74 bits per heavy atom. The van der Waals surface area contributed by atoms with E-state index in [1.807, 2.05) is 0 Å². The number of nitrogens with one attached hydrogen (secondary N) is 1. The fourth-order valence-electron chi connectivity index (χ4n) is 1.90. The van der Waals surface area contributed by atoms with Gasteiger partial charge in [0.2, 0.25) is 0 Å².